The van der Waals surface area contributed by atoms with Gasteiger partial charge in [0, 0.05) is 0 Å². The van der Waals surface area contributed by atoms with Gasteiger partial charge in [-0.1, -0.05) is 91.0 Å². The summed E-state index contributed by atoms with van der Waals surface area (Å²) in [7, 11) is 0. The summed E-state index contributed by atoms with van der Waals surface area (Å²) in [5.74, 6) is 0. The number of benzene rings is 6. The number of aliphatic hydroxyl groups is 1. The Hall–Kier alpha value is -3.42. The van der Waals surface area contributed by atoms with Gasteiger partial charge in [0.1, 0.15) is 0 Å². The van der Waals surface area contributed by atoms with Gasteiger partial charge in [-0.05, 0) is 59.8 Å². The number of rotatable bonds is 2. The lowest BCUT2D eigenvalue weighted by Gasteiger charge is -2.18. The lowest BCUT2D eigenvalue weighted by atomic mass is 9.85. The zero-order valence-corrected chi connectivity index (χ0v) is 15.3. The molecule has 0 aliphatic rings. The summed E-state index contributed by atoms with van der Waals surface area (Å²) in [6.45, 7) is 0.0378. The molecule has 28 heavy (non-hydrogen) atoms. The molecule has 0 spiro atoms. The van der Waals surface area contributed by atoms with Crippen molar-refractivity contribution in [2.24, 2.45) is 0 Å². The Morgan fingerprint density at radius 1 is 0.464 bits per heavy atom. The van der Waals surface area contributed by atoms with E-state index in [9.17, 15) is 5.11 Å². The van der Waals surface area contributed by atoms with Crippen molar-refractivity contribution in [2.75, 3.05) is 0 Å². The summed E-state index contributed by atoms with van der Waals surface area (Å²) in [6.07, 6.45) is 0. The molecule has 1 heteroatoms. The molecule has 0 saturated carbocycles. The van der Waals surface area contributed by atoms with Crippen LogP contribution < -0.4 is 0 Å². The molecule has 0 aromatic heterocycles. The van der Waals surface area contributed by atoms with Crippen LogP contribution in [0.2, 0.25) is 0 Å². The Morgan fingerprint density at radius 3 is 1.86 bits per heavy atom. The van der Waals surface area contributed by atoms with Crippen molar-refractivity contribution in [3.8, 4) is 11.1 Å². The van der Waals surface area contributed by atoms with Crippen LogP contribution in [0.25, 0.3) is 54.2 Å². The quantitative estimate of drug-likeness (QED) is 0.264. The largest absolute Gasteiger partial charge is 0.392 e. The Balaban J connectivity index is 1.95. The van der Waals surface area contributed by atoms with Crippen LogP contribution in [-0.2, 0) is 6.61 Å². The van der Waals surface area contributed by atoms with Crippen LogP contribution >= 0.6 is 0 Å². The van der Waals surface area contributed by atoms with E-state index in [0.717, 1.165) is 11.1 Å². The van der Waals surface area contributed by atoms with Crippen LogP contribution in [0.5, 0.6) is 0 Å². The topological polar surface area (TPSA) is 20.2 Å². The molecule has 0 radical (unpaired) electrons. The third-order valence-electron chi connectivity index (χ3n) is 5.99. The Bertz CT molecular complexity index is 1490. The smallest absolute Gasteiger partial charge is 0.0687 e. The predicted molar refractivity (Wildman–Crippen MR) is 119 cm³/mol. The van der Waals surface area contributed by atoms with Crippen LogP contribution in [0.3, 0.4) is 0 Å². The fourth-order valence-electron chi connectivity index (χ4n) is 4.80. The first-order valence-electron chi connectivity index (χ1n) is 9.64. The van der Waals surface area contributed by atoms with E-state index < -0.39 is 0 Å². The normalized spacial score (nSPS) is 11.9. The second-order valence-corrected chi connectivity index (χ2v) is 7.42. The summed E-state index contributed by atoms with van der Waals surface area (Å²) in [5.41, 5.74) is 3.25. The van der Waals surface area contributed by atoms with Gasteiger partial charge in [0.25, 0.3) is 0 Å². The van der Waals surface area contributed by atoms with Crippen molar-refractivity contribution in [3.63, 3.8) is 0 Å². The predicted octanol–water partition coefficient (Wildman–Crippen LogP) is 6.90. The summed E-state index contributed by atoms with van der Waals surface area (Å²) >= 11 is 0. The highest BCUT2D eigenvalue weighted by Gasteiger charge is 2.17. The summed E-state index contributed by atoms with van der Waals surface area (Å²) in [5, 5.41) is 20.2. The average Bonchev–Trinajstić information content (AvgIpc) is 2.77. The number of hydrogen-bond acceptors (Lipinski definition) is 1. The molecule has 6 aromatic rings. The van der Waals surface area contributed by atoms with Crippen molar-refractivity contribution >= 4 is 43.1 Å². The molecule has 1 nitrogen and oxygen atoms in total. The SMILES string of the molecule is OCc1ccccc1-c1ccc2cccc3c4cccc5cccc(c1c23)c54. The molecule has 132 valence electrons. The van der Waals surface area contributed by atoms with Crippen LogP contribution in [0, 0.1) is 0 Å². The van der Waals surface area contributed by atoms with Crippen molar-refractivity contribution < 1.29 is 5.11 Å². The van der Waals surface area contributed by atoms with Gasteiger partial charge in [0.15, 0.2) is 0 Å². The minimum Gasteiger partial charge on any atom is -0.392 e. The van der Waals surface area contributed by atoms with Gasteiger partial charge < -0.3 is 5.11 Å². The Kier molecular flexibility index (Phi) is 3.23. The zero-order chi connectivity index (χ0) is 18.7. The van der Waals surface area contributed by atoms with Crippen LogP contribution in [0.15, 0.2) is 91.0 Å². The third kappa shape index (κ3) is 2.00. The summed E-state index contributed by atoms with van der Waals surface area (Å²) in [4.78, 5) is 0. The van der Waals surface area contributed by atoms with E-state index in [-0.39, 0.29) is 6.61 Å². The number of fused-ring (bicyclic) bond motifs is 2. The van der Waals surface area contributed by atoms with Gasteiger partial charge in [-0.25, -0.2) is 0 Å². The van der Waals surface area contributed by atoms with E-state index in [0.29, 0.717) is 0 Å². The molecule has 0 saturated heterocycles. The molecule has 0 aliphatic carbocycles. The number of aliphatic hydroxyl groups excluding tert-OH is 1. The van der Waals surface area contributed by atoms with Gasteiger partial charge in [-0.3, -0.25) is 0 Å². The van der Waals surface area contributed by atoms with Crippen molar-refractivity contribution in [1.29, 1.82) is 0 Å². The molecular formula is C27H18O. The second kappa shape index (κ2) is 5.79. The highest BCUT2D eigenvalue weighted by atomic mass is 16.3. The molecule has 0 amide bonds. The maximum atomic E-state index is 9.94. The average molecular weight is 358 g/mol. The van der Waals surface area contributed by atoms with Crippen LogP contribution in [-0.4, -0.2) is 5.11 Å². The van der Waals surface area contributed by atoms with E-state index in [4.69, 9.17) is 0 Å². The number of hydrogen-bond donors (Lipinski definition) is 1. The Morgan fingerprint density at radius 2 is 1.11 bits per heavy atom. The summed E-state index contributed by atoms with van der Waals surface area (Å²) < 4.78 is 0. The van der Waals surface area contributed by atoms with E-state index in [1.807, 2.05) is 12.1 Å². The molecule has 0 atom stereocenters. The molecule has 1 N–H and O–H groups in total. The van der Waals surface area contributed by atoms with E-state index in [2.05, 4.69) is 78.9 Å². The molecule has 0 heterocycles. The van der Waals surface area contributed by atoms with Crippen LogP contribution in [0.4, 0.5) is 0 Å². The highest BCUT2D eigenvalue weighted by Crippen LogP contribution is 2.44. The Labute approximate surface area is 162 Å². The first kappa shape index (κ1) is 15.6. The molecule has 6 rings (SSSR count). The minimum absolute atomic E-state index is 0.0378. The molecule has 0 fully saturated rings. The lowest BCUT2D eigenvalue weighted by molar-refractivity contribution is 0.282. The minimum atomic E-state index is 0.0378. The van der Waals surface area contributed by atoms with Gasteiger partial charge in [0.05, 0.1) is 6.61 Å². The molecule has 0 unspecified atom stereocenters. The van der Waals surface area contributed by atoms with Gasteiger partial charge >= 0.3 is 0 Å². The molecule has 0 bridgehead atoms. The third-order valence-corrected chi connectivity index (χ3v) is 5.99. The van der Waals surface area contributed by atoms with E-state index in [1.165, 1.54) is 48.7 Å². The standard InChI is InChI=1S/C27H18O/c28-16-19-6-1-2-10-20(19)23-15-14-18-9-4-12-22-21-11-3-7-17-8-5-13-24(25(17)21)27(23)26(18)22/h1-15,28H,16H2. The maximum Gasteiger partial charge on any atom is 0.0687 e. The van der Waals surface area contributed by atoms with Crippen molar-refractivity contribution in [2.45, 2.75) is 6.61 Å². The molecule has 6 aromatic carbocycles. The van der Waals surface area contributed by atoms with E-state index in [1.54, 1.807) is 0 Å². The summed E-state index contributed by atoms with van der Waals surface area (Å²) in [6, 6.07) is 32.3. The maximum absolute atomic E-state index is 9.94. The van der Waals surface area contributed by atoms with Crippen molar-refractivity contribution in [1.82, 2.24) is 0 Å². The lowest BCUT2D eigenvalue weighted by Crippen LogP contribution is -1.93. The van der Waals surface area contributed by atoms with Gasteiger partial charge in [-0.2, -0.15) is 0 Å². The van der Waals surface area contributed by atoms with Gasteiger partial charge in [-0.15, -0.1) is 0 Å². The van der Waals surface area contributed by atoms with Crippen molar-refractivity contribution in [3.05, 3.63) is 96.6 Å². The first-order chi connectivity index (χ1) is 13.9. The molecule has 0 aliphatic heterocycles. The van der Waals surface area contributed by atoms with Gasteiger partial charge in [0.2, 0.25) is 0 Å². The fourth-order valence-corrected chi connectivity index (χ4v) is 4.80. The highest BCUT2D eigenvalue weighted by molar-refractivity contribution is 6.35. The fraction of sp³-hybridized carbons (Fsp3) is 0.0370. The zero-order valence-electron chi connectivity index (χ0n) is 15.3. The second-order valence-electron chi connectivity index (χ2n) is 7.42. The molecular weight excluding hydrogens is 340 g/mol. The first-order valence-corrected chi connectivity index (χ1v) is 9.64. The van der Waals surface area contributed by atoms with Crippen LogP contribution in [0.1, 0.15) is 5.56 Å². The van der Waals surface area contributed by atoms with E-state index >= 15 is 0 Å². The monoisotopic (exact) mass is 358 g/mol.